The molecule has 13 heteroatoms. The molecule has 2 amide bonds. The normalized spacial score (nSPS) is 12.3. The predicted molar refractivity (Wildman–Crippen MR) is 181 cm³/mol. The zero-order chi connectivity index (χ0) is 35.1. The first-order valence-corrected chi connectivity index (χ1v) is 17.2. The van der Waals surface area contributed by atoms with Crippen LogP contribution in [-0.4, -0.2) is 44.3 Å². The second-order valence-electron chi connectivity index (χ2n) is 11.1. The van der Waals surface area contributed by atoms with Gasteiger partial charge >= 0.3 is 6.18 Å². The minimum Gasteiger partial charge on any atom is -0.354 e. The molecule has 0 saturated heterocycles. The summed E-state index contributed by atoms with van der Waals surface area (Å²) in [5, 5.41) is 3.36. The summed E-state index contributed by atoms with van der Waals surface area (Å²) in [4.78, 5) is 29.2. The molecule has 4 rings (SSSR count). The van der Waals surface area contributed by atoms with E-state index in [-0.39, 0.29) is 28.6 Å². The van der Waals surface area contributed by atoms with Crippen LogP contribution in [0.15, 0.2) is 102 Å². The number of hydrogen-bond acceptors (Lipinski definition) is 4. The molecule has 0 aliphatic rings. The standard InChI is InChI=1S/C35H34Cl2F3N3O4S/c1-3-18-41-34(45)32(19-25-8-5-4-6-9-25)42(22-26-14-15-28(36)21-31(26)37)33(44)23-43(29-11-7-10-27(20-29)35(38,39)40)48(46,47)30-16-12-24(2)13-17-30/h4-17,20-21,32H,3,18-19,22-23H2,1-2H3,(H,41,45)/t32-/m0/s1. The maximum atomic E-state index is 14.5. The monoisotopic (exact) mass is 719 g/mol. The van der Waals surface area contributed by atoms with Crippen LogP contribution in [0.1, 0.15) is 35.6 Å². The van der Waals surface area contributed by atoms with Gasteiger partial charge in [-0.1, -0.05) is 90.3 Å². The Hall–Kier alpha value is -4.06. The number of hydrogen-bond donors (Lipinski definition) is 1. The lowest BCUT2D eigenvalue weighted by Gasteiger charge is -2.34. The fourth-order valence-corrected chi connectivity index (χ4v) is 6.83. The van der Waals surface area contributed by atoms with E-state index >= 15 is 0 Å². The molecule has 0 aromatic heterocycles. The molecule has 0 unspecified atom stereocenters. The van der Waals surface area contributed by atoms with Gasteiger partial charge in [0.05, 0.1) is 16.1 Å². The molecule has 4 aromatic rings. The van der Waals surface area contributed by atoms with E-state index in [1.54, 1.807) is 61.5 Å². The van der Waals surface area contributed by atoms with Gasteiger partial charge in [0.15, 0.2) is 0 Å². The molecule has 0 aliphatic heterocycles. The van der Waals surface area contributed by atoms with Crippen LogP contribution in [0.4, 0.5) is 18.9 Å². The van der Waals surface area contributed by atoms with E-state index in [2.05, 4.69) is 5.32 Å². The van der Waals surface area contributed by atoms with Crippen molar-refractivity contribution in [3.8, 4) is 0 Å². The first kappa shape index (κ1) is 36.8. The Balaban J connectivity index is 1.86. The molecule has 7 nitrogen and oxygen atoms in total. The van der Waals surface area contributed by atoms with Gasteiger partial charge in [0.2, 0.25) is 11.8 Å². The number of benzene rings is 4. The van der Waals surface area contributed by atoms with Gasteiger partial charge in [0.25, 0.3) is 10.0 Å². The van der Waals surface area contributed by atoms with Crippen LogP contribution < -0.4 is 9.62 Å². The Morgan fingerprint density at radius 1 is 0.896 bits per heavy atom. The number of carbonyl (C=O) groups is 2. The highest BCUT2D eigenvalue weighted by Gasteiger charge is 2.36. The van der Waals surface area contributed by atoms with Crippen molar-refractivity contribution < 1.29 is 31.2 Å². The minimum atomic E-state index is -4.78. The molecule has 1 N–H and O–H groups in total. The third-order valence-electron chi connectivity index (χ3n) is 7.53. The molecule has 4 aromatic carbocycles. The highest BCUT2D eigenvalue weighted by molar-refractivity contribution is 7.92. The van der Waals surface area contributed by atoms with Crippen molar-refractivity contribution in [3.05, 3.63) is 129 Å². The quantitative estimate of drug-likeness (QED) is 0.154. The molecule has 48 heavy (non-hydrogen) atoms. The summed E-state index contributed by atoms with van der Waals surface area (Å²) < 4.78 is 70.2. The summed E-state index contributed by atoms with van der Waals surface area (Å²) in [7, 11) is -4.59. The van der Waals surface area contributed by atoms with E-state index in [4.69, 9.17) is 23.2 Å². The second-order valence-corrected chi connectivity index (χ2v) is 13.8. The fourth-order valence-electron chi connectivity index (χ4n) is 4.96. The lowest BCUT2D eigenvalue weighted by molar-refractivity contribution is -0.140. The smallest absolute Gasteiger partial charge is 0.354 e. The van der Waals surface area contributed by atoms with Gasteiger partial charge in [0.1, 0.15) is 12.6 Å². The number of nitrogens with one attached hydrogen (secondary N) is 1. The number of aryl methyl sites for hydroxylation is 1. The van der Waals surface area contributed by atoms with Crippen LogP contribution in [0.25, 0.3) is 0 Å². The Kier molecular flexibility index (Phi) is 12.2. The van der Waals surface area contributed by atoms with Gasteiger partial charge in [-0.25, -0.2) is 8.42 Å². The van der Waals surface area contributed by atoms with Crippen LogP contribution in [-0.2, 0) is 38.8 Å². The van der Waals surface area contributed by atoms with Crippen molar-refractivity contribution in [2.75, 3.05) is 17.4 Å². The van der Waals surface area contributed by atoms with Crippen molar-refractivity contribution in [3.63, 3.8) is 0 Å². The Bertz CT molecular complexity index is 1840. The van der Waals surface area contributed by atoms with Crippen LogP contribution in [0.5, 0.6) is 0 Å². The molecule has 0 aliphatic carbocycles. The topological polar surface area (TPSA) is 86.8 Å². The average Bonchev–Trinajstić information content (AvgIpc) is 3.05. The molecule has 0 spiro atoms. The van der Waals surface area contributed by atoms with E-state index in [9.17, 15) is 31.2 Å². The van der Waals surface area contributed by atoms with Crippen LogP contribution >= 0.6 is 23.2 Å². The summed E-state index contributed by atoms with van der Waals surface area (Å²) in [6.07, 6.45) is -4.12. The predicted octanol–water partition coefficient (Wildman–Crippen LogP) is 7.68. The minimum absolute atomic E-state index is 0.0572. The Morgan fingerprint density at radius 3 is 2.21 bits per heavy atom. The van der Waals surface area contributed by atoms with E-state index in [1.807, 2.05) is 6.92 Å². The highest BCUT2D eigenvalue weighted by atomic mass is 35.5. The molecule has 0 heterocycles. The van der Waals surface area contributed by atoms with Gasteiger partial charge in [-0.05, 0) is 66.9 Å². The van der Waals surface area contributed by atoms with Crippen molar-refractivity contribution in [1.29, 1.82) is 0 Å². The summed E-state index contributed by atoms with van der Waals surface area (Å²) in [5.41, 5.74) is 0.419. The van der Waals surface area contributed by atoms with Crippen molar-refractivity contribution in [1.82, 2.24) is 10.2 Å². The molecule has 0 fully saturated rings. The molecular weight excluding hydrogens is 686 g/mol. The number of alkyl halides is 3. The van der Waals surface area contributed by atoms with E-state index in [0.717, 1.165) is 23.3 Å². The van der Waals surface area contributed by atoms with E-state index in [1.165, 1.54) is 29.2 Å². The van der Waals surface area contributed by atoms with Crippen molar-refractivity contribution >= 4 is 50.7 Å². The second kappa shape index (κ2) is 15.9. The number of anilines is 1. The van der Waals surface area contributed by atoms with Crippen molar-refractivity contribution in [2.45, 2.75) is 50.3 Å². The van der Waals surface area contributed by atoms with Gasteiger partial charge < -0.3 is 10.2 Å². The molecule has 0 bridgehead atoms. The van der Waals surface area contributed by atoms with Gasteiger partial charge in [0, 0.05) is 29.6 Å². The van der Waals surface area contributed by atoms with Crippen LogP contribution in [0.2, 0.25) is 10.0 Å². The lowest BCUT2D eigenvalue weighted by Crippen LogP contribution is -2.53. The number of amides is 2. The maximum absolute atomic E-state index is 14.5. The highest BCUT2D eigenvalue weighted by Crippen LogP contribution is 2.34. The van der Waals surface area contributed by atoms with E-state index in [0.29, 0.717) is 33.9 Å². The van der Waals surface area contributed by atoms with Gasteiger partial charge in [-0.2, -0.15) is 13.2 Å². The van der Waals surface area contributed by atoms with Gasteiger partial charge in [-0.15, -0.1) is 0 Å². The fraction of sp³-hybridized carbons (Fsp3) is 0.257. The first-order chi connectivity index (χ1) is 22.7. The number of halogens is 5. The van der Waals surface area contributed by atoms with E-state index < -0.39 is 46.2 Å². The summed E-state index contributed by atoms with van der Waals surface area (Å²) in [5.74, 6) is -1.34. The molecule has 1 atom stereocenters. The molecule has 0 radical (unpaired) electrons. The number of sulfonamides is 1. The summed E-state index contributed by atoms with van der Waals surface area (Å²) >= 11 is 12.6. The van der Waals surface area contributed by atoms with Crippen LogP contribution in [0, 0.1) is 6.92 Å². The maximum Gasteiger partial charge on any atom is 0.416 e. The summed E-state index contributed by atoms with van der Waals surface area (Å²) in [6, 6.07) is 21.9. The number of carbonyl (C=O) groups excluding carboxylic acids is 2. The van der Waals surface area contributed by atoms with Crippen LogP contribution in [0.3, 0.4) is 0 Å². The summed E-state index contributed by atoms with van der Waals surface area (Å²) in [6.45, 7) is 2.78. The lowest BCUT2D eigenvalue weighted by atomic mass is 10.0. The Labute approximate surface area is 288 Å². The first-order valence-electron chi connectivity index (χ1n) is 15.0. The third kappa shape index (κ3) is 9.30. The molecular formula is C35H34Cl2F3N3O4S. The largest absolute Gasteiger partial charge is 0.416 e. The zero-order valence-corrected chi connectivity index (χ0v) is 28.5. The number of nitrogens with zero attached hydrogens (tertiary/aromatic N) is 2. The third-order valence-corrected chi connectivity index (χ3v) is 9.90. The Morgan fingerprint density at radius 2 is 1.58 bits per heavy atom. The van der Waals surface area contributed by atoms with Crippen molar-refractivity contribution in [2.24, 2.45) is 0 Å². The zero-order valence-electron chi connectivity index (χ0n) is 26.2. The molecule has 0 saturated carbocycles. The number of rotatable bonds is 13. The van der Waals surface area contributed by atoms with Gasteiger partial charge in [-0.3, -0.25) is 13.9 Å². The average molecular weight is 721 g/mol. The SMILES string of the molecule is CCCNC(=O)[C@H](Cc1ccccc1)N(Cc1ccc(Cl)cc1Cl)C(=O)CN(c1cccc(C(F)(F)F)c1)S(=O)(=O)c1ccc(C)cc1. The molecule has 254 valence electrons.